The zero-order valence-electron chi connectivity index (χ0n) is 14.7. The monoisotopic (exact) mass is 358 g/mol. The first-order valence-electron chi connectivity index (χ1n) is 8.90. The van der Waals surface area contributed by atoms with Crippen molar-refractivity contribution in [3.63, 3.8) is 0 Å². The molecular formula is C20H26N2O2S. The van der Waals surface area contributed by atoms with Gasteiger partial charge in [-0.25, -0.2) is 0 Å². The zero-order chi connectivity index (χ0) is 17.5. The van der Waals surface area contributed by atoms with E-state index in [0.717, 1.165) is 50.3 Å². The van der Waals surface area contributed by atoms with Crippen LogP contribution in [0, 0.1) is 12.8 Å². The van der Waals surface area contributed by atoms with Crippen LogP contribution in [-0.2, 0) is 11.3 Å². The van der Waals surface area contributed by atoms with E-state index in [1.165, 1.54) is 4.88 Å². The average molecular weight is 359 g/mol. The van der Waals surface area contributed by atoms with Crippen LogP contribution in [0.25, 0.3) is 0 Å². The molecule has 5 heteroatoms. The van der Waals surface area contributed by atoms with Gasteiger partial charge in [0.1, 0.15) is 5.75 Å². The third-order valence-corrected chi connectivity index (χ3v) is 5.57. The van der Waals surface area contributed by atoms with Gasteiger partial charge in [-0.05, 0) is 61.8 Å². The summed E-state index contributed by atoms with van der Waals surface area (Å²) in [5.74, 6) is 1.31. The number of amides is 1. The Hall–Kier alpha value is -1.85. The molecule has 0 unspecified atom stereocenters. The first-order valence-corrected chi connectivity index (χ1v) is 9.78. The number of thiophene rings is 1. The largest absolute Gasteiger partial charge is 0.484 e. The molecule has 1 aliphatic rings. The molecule has 0 radical (unpaired) electrons. The van der Waals surface area contributed by atoms with E-state index in [9.17, 15) is 4.79 Å². The Labute approximate surface area is 153 Å². The smallest absolute Gasteiger partial charge is 0.257 e. The van der Waals surface area contributed by atoms with Crippen LogP contribution in [0.15, 0.2) is 41.8 Å². The van der Waals surface area contributed by atoms with E-state index in [4.69, 9.17) is 4.74 Å². The summed E-state index contributed by atoms with van der Waals surface area (Å²) in [6.07, 6.45) is 2.29. The van der Waals surface area contributed by atoms with E-state index in [2.05, 4.69) is 27.7 Å². The van der Waals surface area contributed by atoms with Gasteiger partial charge in [-0.1, -0.05) is 24.3 Å². The lowest BCUT2D eigenvalue weighted by molar-refractivity contribution is -0.123. The van der Waals surface area contributed by atoms with Crippen molar-refractivity contribution in [2.75, 3.05) is 26.2 Å². The first-order chi connectivity index (χ1) is 12.2. The third kappa shape index (κ3) is 5.58. The van der Waals surface area contributed by atoms with E-state index >= 15 is 0 Å². The summed E-state index contributed by atoms with van der Waals surface area (Å²) in [7, 11) is 0. The van der Waals surface area contributed by atoms with Crippen molar-refractivity contribution in [1.82, 2.24) is 10.2 Å². The number of hydrogen-bond acceptors (Lipinski definition) is 4. The number of rotatable bonds is 7. The maximum Gasteiger partial charge on any atom is 0.257 e. The summed E-state index contributed by atoms with van der Waals surface area (Å²) in [5.41, 5.74) is 1.05. The van der Waals surface area contributed by atoms with Crippen molar-refractivity contribution in [2.45, 2.75) is 26.3 Å². The number of carbonyl (C=O) groups excluding carboxylic acids is 1. The van der Waals surface area contributed by atoms with Gasteiger partial charge in [0.05, 0.1) is 0 Å². The molecular weight excluding hydrogens is 332 g/mol. The second kappa shape index (κ2) is 9.02. The number of benzene rings is 1. The molecule has 0 saturated carbocycles. The zero-order valence-corrected chi connectivity index (χ0v) is 15.6. The molecule has 0 bridgehead atoms. The highest BCUT2D eigenvalue weighted by Crippen LogP contribution is 2.20. The molecule has 1 fully saturated rings. The summed E-state index contributed by atoms with van der Waals surface area (Å²) in [5, 5.41) is 5.16. The van der Waals surface area contributed by atoms with Gasteiger partial charge in [-0.2, -0.15) is 0 Å². The van der Waals surface area contributed by atoms with Crippen LogP contribution < -0.4 is 10.1 Å². The predicted molar refractivity (Wildman–Crippen MR) is 102 cm³/mol. The Bertz CT molecular complexity index is 664. The molecule has 3 rings (SSSR count). The fourth-order valence-corrected chi connectivity index (χ4v) is 3.89. The van der Waals surface area contributed by atoms with Crippen molar-refractivity contribution in [1.29, 1.82) is 0 Å². The van der Waals surface area contributed by atoms with E-state index in [1.807, 2.05) is 42.5 Å². The molecule has 2 heterocycles. The number of nitrogens with one attached hydrogen (secondary N) is 1. The molecule has 1 aromatic carbocycles. The van der Waals surface area contributed by atoms with Crippen LogP contribution in [0.1, 0.15) is 23.3 Å². The van der Waals surface area contributed by atoms with Gasteiger partial charge >= 0.3 is 0 Å². The minimum absolute atomic E-state index is 0.0377. The van der Waals surface area contributed by atoms with Crippen molar-refractivity contribution in [2.24, 2.45) is 5.92 Å². The normalized spacial score (nSPS) is 15.9. The molecule has 4 nitrogen and oxygen atoms in total. The fourth-order valence-electron chi connectivity index (χ4n) is 3.14. The number of hydrogen-bond donors (Lipinski definition) is 1. The van der Waals surface area contributed by atoms with Crippen molar-refractivity contribution in [3.8, 4) is 5.75 Å². The Morgan fingerprint density at radius 1 is 1.24 bits per heavy atom. The lowest BCUT2D eigenvalue weighted by Crippen LogP contribution is -2.39. The number of aryl methyl sites for hydroxylation is 1. The van der Waals surface area contributed by atoms with E-state index in [1.54, 1.807) is 0 Å². The Morgan fingerprint density at radius 2 is 2.04 bits per heavy atom. The van der Waals surface area contributed by atoms with E-state index < -0.39 is 0 Å². The van der Waals surface area contributed by atoms with Gasteiger partial charge in [-0.3, -0.25) is 9.69 Å². The van der Waals surface area contributed by atoms with Gasteiger partial charge in [-0.15, -0.1) is 11.3 Å². The Morgan fingerprint density at radius 3 is 2.76 bits per heavy atom. The van der Waals surface area contributed by atoms with Crippen molar-refractivity contribution >= 4 is 17.2 Å². The summed E-state index contributed by atoms with van der Waals surface area (Å²) < 4.78 is 5.60. The van der Waals surface area contributed by atoms with Crippen LogP contribution in [0.5, 0.6) is 5.75 Å². The summed E-state index contributed by atoms with van der Waals surface area (Å²) >= 11 is 1.82. The van der Waals surface area contributed by atoms with E-state index in [0.29, 0.717) is 5.92 Å². The minimum atomic E-state index is -0.0377. The summed E-state index contributed by atoms with van der Waals surface area (Å²) in [6.45, 7) is 6.10. The third-order valence-electron chi connectivity index (χ3n) is 4.71. The number of nitrogens with zero attached hydrogens (tertiary/aromatic N) is 1. The molecule has 2 aromatic rings. The van der Waals surface area contributed by atoms with Crippen LogP contribution in [0.4, 0.5) is 0 Å². The lowest BCUT2D eigenvalue weighted by Gasteiger charge is -2.31. The molecule has 1 saturated heterocycles. The van der Waals surface area contributed by atoms with Gasteiger partial charge in [0, 0.05) is 18.0 Å². The van der Waals surface area contributed by atoms with E-state index in [-0.39, 0.29) is 12.5 Å². The molecule has 0 aliphatic carbocycles. The number of likely N-dealkylation sites (tertiary alicyclic amines) is 1. The van der Waals surface area contributed by atoms with Gasteiger partial charge in [0.25, 0.3) is 5.91 Å². The maximum atomic E-state index is 12.0. The van der Waals surface area contributed by atoms with Crippen LogP contribution in [0.3, 0.4) is 0 Å². The SMILES string of the molecule is Cc1ccccc1OCC(=O)NCC1CCN(Cc2cccs2)CC1. The highest BCUT2D eigenvalue weighted by molar-refractivity contribution is 7.09. The number of piperidine rings is 1. The summed E-state index contributed by atoms with van der Waals surface area (Å²) in [4.78, 5) is 15.9. The molecule has 0 spiro atoms. The molecule has 25 heavy (non-hydrogen) atoms. The molecule has 1 N–H and O–H groups in total. The fraction of sp³-hybridized carbons (Fsp3) is 0.450. The second-order valence-electron chi connectivity index (χ2n) is 6.66. The topological polar surface area (TPSA) is 41.6 Å². The average Bonchev–Trinajstić information content (AvgIpc) is 3.13. The van der Waals surface area contributed by atoms with Gasteiger partial charge in [0.15, 0.2) is 6.61 Å². The molecule has 0 atom stereocenters. The Kier molecular flexibility index (Phi) is 6.48. The summed E-state index contributed by atoms with van der Waals surface area (Å²) in [6, 6.07) is 12.1. The second-order valence-corrected chi connectivity index (χ2v) is 7.69. The van der Waals surface area contributed by atoms with Crippen LogP contribution >= 0.6 is 11.3 Å². The minimum Gasteiger partial charge on any atom is -0.484 e. The standard InChI is InChI=1S/C20H26N2O2S/c1-16-5-2-3-7-19(16)24-15-20(23)21-13-17-8-10-22(11-9-17)14-18-6-4-12-25-18/h2-7,12,17H,8-11,13-15H2,1H3,(H,21,23). The Balaban J connectivity index is 1.32. The molecule has 1 aliphatic heterocycles. The van der Waals surface area contributed by atoms with Crippen LogP contribution in [0.2, 0.25) is 0 Å². The number of carbonyl (C=O) groups is 1. The highest BCUT2D eigenvalue weighted by atomic mass is 32.1. The maximum absolute atomic E-state index is 12.0. The molecule has 1 aromatic heterocycles. The molecule has 1 amide bonds. The molecule has 134 valence electrons. The number of para-hydroxylation sites is 1. The van der Waals surface area contributed by atoms with Crippen molar-refractivity contribution < 1.29 is 9.53 Å². The highest BCUT2D eigenvalue weighted by Gasteiger charge is 2.20. The number of ether oxygens (including phenoxy) is 1. The van der Waals surface area contributed by atoms with Gasteiger partial charge < -0.3 is 10.1 Å². The first kappa shape index (κ1) is 18.0. The van der Waals surface area contributed by atoms with Gasteiger partial charge in [0.2, 0.25) is 0 Å². The van der Waals surface area contributed by atoms with Crippen molar-refractivity contribution in [3.05, 3.63) is 52.2 Å². The quantitative estimate of drug-likeness (QED) is 0.824. The van der Waals surface area contributed by atoms with Crippen LogP contribution in [-0.4, -0.2) is 37.0 Å². The lowest BCUT2D eigenvalue weighted by atomic mass is 9.97. The predicted octanol–water partition coefficient (Wildman–Crippen LogP) is 3.46.